The number of rotatable bonds is 2. The average Bonchev–Trinajstić information content (AvgIpc) is 2.65. The number of likely N-dealkylation sites (tertiary alicyclic amines) is 1. The Morgan fingerprint density at radius 2 is 2.00 bits per heavy atom. The van der Waals surface area contributed by atoms with Crippen LogP contribution in [-0.4, -0.2) is 34.6 Å². The molecule has 110 valence electrons. The molecule has 1 saturated heterocycles. The van der Waals surface area contributed by atoms with Crippen molar-refractivity contribution in [3.63, 3.8) is 0 Å². The summed E-state index contributed by atoms with van der Waals surface area (Å²) < 4.78 is 0. The van der Waals surface area contributed by atoms with E-state index >= 15 is 0 Å². The van der Waals surface area contributed by atoms with Gasteiger partial charge in [-0.2, -0.15) is 0 Å². The van der Waals surface area contributed by atoms with Gasteiger partial charge in [0.25, 0.3) is 5.91 Å². The molecular weight excluding hydrogens is 270 g/mol. The maximum atomic E-state index is 12.5. The summed E-state index contributed by atoms with van der Waals surface area (Å²) in [6, 6.07) is 2.10. The molecule has 3 rings (SSSR count). The van der Waals surface area contributed by atoms with Crippen molar-refractivity contribution in [3.05, 3.63) is 21.4 Å². The average molecular weight is 293 g/mol. The standard InChI is InChI=1S/C16H23NO2S/c1-11(2)16(19)9-17(10-16)15(18)14-8-12-6-4-3-5-7-13(12)20-14/h8,11,19H,3-7,9-10H2,1-2H3. The zero-order valence-electron chi connectivity index (χ0n) is 12.3. The van der Waals surface area contributed by atoms with Gasteiger partial charge in [-0.3, -0.25) is 4.79 Å². The van der Waals surface area contributed by atoms with E-state index in [-0.39, 0.29) is 11.8 Å². The molecule has 1 N–H and O–H groups in total. The van der Waals surface area contributed by atoms with Crippen LogP contribution >= 0.6 is 11.3 Å². The Labute approximate surface area is 124 Å². The third kappa shape index (κ3) is 2.40. The van der Waals surface area contributed by atoms with Gasteiger partial charge in [-0.15, -0.1) is 11.3 Å². The molecule has 2 aliphatic rings. The molecule has 1 amide bonds. The monoisotopic (exact) mass is 293 g/mol. The van der Waals surface area contributed by atoms with E-state index in [1.807, 2.05) is 13.8 Å². The minimum Gasteiger partial charge on any atom is -0.386 e. The van der Waals surface area contributed by atoms with Gasteiger partial charge < -0.3 is 10.0 Å². The molecule has 3 nitrogen and oxygen atoms in total. The van der Waals surface area contributed by atoms with E-state index in [2.05, 4.69) is 6.07 Å². The van der Waals surface area contributed by atoms with Crippen LogP contribution in [0.3, 0.4) is 0 Å². The van der Waals surface area contributed by atoms with Gasteiger partial charge in [0.05, 0.1) is 18.0 Å². The number of β-amino-alcohol motifs (C(OH)–C–C–N with tert-alkyl or cyclic N) is 1. The number of fused-ring (bicyclic) bond motifs is 1. The molecule has 0 saturated carbocycles. The number of carbonyl (C=O) groups excluding carboxylic acids is 1. The van der Waals surface area contributed by atoms with Gasteiger partial charge in [-0.1, -0.05) is 20.3 Å². The highest BCUT2D eigenvalue weighted by Gasteiger charge is 2.46. The summed E-state index contributed by atoms with van der Waals surface area (Å²) in [6.07, 6.45) is 6.04. The first kappa shape index (κ1) is 14.1. The lowest BCUT2D eigenvalue weighted by Crippen LogP contribution is -2.65. The van der Waals surface area contributed by atoms with Gasteiger partial charge in [0.1, 0.15) is 5.60 Å². The fourth-order valence-electron chi connectivity index (χ4n) is 3.05. The van der Waals surface area contributed by atoms with Gasteiger partial charge in [0, 0.05) is 4.88 Å². The summed E-state index contributed by atoms with van der Waals surface area (Å²) in [5.74, 6) is 0.306. The molecule has 0 unspecified atom stereocenters. The van der Waals surface area contributed by atoms with Crippen molar-refractivity contribution < 1.29 is 9.90 Å². The molecular formula is C16H23NO2S. The molecule has 1 aromatic rings. The minimum atomic E-state index is -0.677. The van der Waals surface area contributed by atoms with E-state index in [1.54, 1.807) is 16.2 Å². The Morgan fingerprint density at radius 1 is 1.30 bits per heavy atom. The summed E-state index contributed by atoms with van der Waals surface area (Å²) in [6.45, 7) is 4.97. The zero-order valence-corrected chi connectivity index (χ0v) is 13.1. The Hall–Kier alpha value is -0.870. The Morgan fingerprint density at radius 3 is 2.70 bits per heavy atom. The normalized spacial score (nSPS) is 21.3. The number of hydrogen-bond donors (Lipinski definition) is 1. The third-order valence-corrected chi connectivity index (χ3v) is 5.97. The second kappa shape index (κ2) is 5.15. The Balaban J connectivity index is 1.70. The van der Waals surface area contributed by atoms with Crippen molar-refractivity contribution >= 4 is 17.2 Å². The lowest BCUT2D eigenvalue weighted by Gasteiger charge is -2.48. The molecule has 0 spiro atoms. The van der Waals surface area contributed by atoms with Gasteiger partial charge in [-0.25, -0.2) is 0 Å². The van der Waals surface area contributed by atoms with Crippen LogP contribution in [0.2, 0.25) is 0 Å². The number of carbonyl (C=O) groups is 1. The van der Waals surface area contributed by atoms with Gasteiger partial charge in [-0.05, 0) is 43.2 Å². The lowest BCUT2D eigenvalue weighted by molar-refractivity contribution is -0.110. The second-order valence-electron chi connectivity index (χ2n) is 6.54. The molecule has 1 aliphatic carbocycles. The topological polar surface area (TPSA) is 40.5 Å². The predicted molar refractivity (Wildman–Crippen MR) is 81.3 cm³/mol. The van der Waals surface area contributed by atoms with Crippen molar-refractivity contribution in [1.29, 1.82) is 0 Å². The fraction of sp³-hybridized carbons (Fsp3) is 0.688. The predicted octanol–water partition coefficient (Wildman–Crippen LogP) is 2.86. The van der Waals surface area contributed by atoms with Crippen LogP contribution in [0.5, 0.6) is 0 Å². The van der Waals surface area contributed by atoms with E-state index < -0.39 is 5.60 Å². The highest BCUT2D eigenvalue weighted by molar-refractivity contribution is 7.14. The minimum absolute atomic E-state index is 0.105. The number of hydrogen-bond acceptors (Lipinski definition) is 3. The molecule has 2 heterocycles. The van der Waals surface area contributed by atoms with Crippen molar-refractivity contribution in [2.75, 3.05) is 13.1 Å². The van der Waals surface area contributed by atoms with Crippen LogP contribution in [0.1, 0.15) is 53.2 Å². The van der Waals surface area contributed by atoms with Gasteiger partial charge >= 0.3 is 0 Å². The Kier molecular flexibility index (Phi) is 3.63. The van der Waals surface area contributed by atoms with Gasteiger partial charge in [0.15, 0.2) is 0 Å². The zero-order chi connectivity index (χ0) is 14.3. The molecule has 1 fully saturated rings. The van der Waals surface area contributed by atoms with E-state index in [9.17, 15) is 9.90 Å². The Bertz CT molecular complexity index is 491. The summed E-state index contributed by atoms with van der Waals surface area (Å²) in [7, 11) is 0. The highest BCUT2D eigenvalue weighted by Crippen LogP contribution is 2.33. The maximum Gasteiger partial charge on any atom is 0.264 e. The molecule has 0 aromatic carbocycles. The van der Waals surface area contributed by atoms with E-state index in [0.717, 1.165) is 17.7 Å². The number of nitrogens with zero attached hydrogens (tertiary/aromatic N) is 1. The molecule has 0 atom stereocenters. The fourth-order valence-corrected chi connectivity index (χ4v) is 4.27. The lowest BCUT2D eigenvalue weighted by atomic mass is 9.83. The summed E-state index contributed by atoms with van der Waals surface area (Å²) >= 11 is 1.67. The van der Waals surface area contributed by atoms with Crippen LogP contribution in [-0.2, 0) is 12.8 Å². The van der Waals surface area contributed by atoms with Crippen molar-refractivity contribution in [2.45, 2.75) is 51.6 Å². The molecule has 0 radical (unpaired) electrons. The van der Waals surface area contributed by atoms with Crippen molar-refractivity contribution in [1.82, 2.24) is 4.90 Å². The number of thiophene rings is 1. The van der Waals surface area contributed by atoms with Crippen LogP contribution < -0.4 is 0 Å². The van der Waals surface area contributed by atoms with Crippen LogP contribution in [0.25, 0.3) is 0 Å². The van der Waals surface area contributed by atoms with Crippen LogP contribution in [0, 0.1) is 5.92 Å². The van der Waals surface area contributed by atoms with Crippen molar-refractivity contribution in [3.8, 4) is 0 Å². The van der Waals surface area contributed by atoms with E-state index in [0.29, 0.717) is 13.1 Å². The smallest absolute Gasteiger partial charge is 0.264 e. The quantitative estimate of drug-likeness (QED) is 0.852. The molecule has 1 aliphatic heterocycles. The largest absolute Gasteiger partial charge is 0.386 e. The third-order valence-electron chi connectivity index (χ3n) is 4.75. The highest BCUT2D eigenvalue weighted by atomic mass is 32.1. The van der Waals surface area contributed by atoms with E-state index in [1.165, 1.54) is 29.7 Å². The van der Waals surface area contributed by atoms with Crippen molar-refractivity contribution in [2.24, 2.45) is 5.92 Å². The molecule has 0 bridgehead atoms. The molecule has 1 aromatic heterocycles. The summed E-state index contributed by atoms with van der Waals surface area (Å²) in [4.78, 5) is 16.5. The first-order chi connectivity index (χ1) is 9.49. The SMILES string of the molecule is CC(C)C1(O)CN(C(=O)c2cc3c(s2)CCCCC3)C1. The van der Waals surface area contributed by atoms with E-state index in [4.69, 9.17) is 0 Å². The first-order valence-electron chi connectivity index (χ1n) is 7.63. The number of aryl methyl sites for hydroxylation is 2. The second-order valence-corrected chi connectivity index (χ2v) is 7.68. The summed E-state index contributed by atoms with van der Waals surface area (Å²) in [5, 5.41) is 10.3. The molecule has 4 heteroatoms. The summed E-state index contributed by atoms with van der Waals surface area (Å²) in [5.41, 5.74) is 0.708. The van der Waals surface area contributed by atoms with Gasteiger partial charge in [0.2, 0.25) is 0 Å². The number of aliphatic hydroxyl groups is 1. The maximum absolute atomic E-state index is 12.5. The van der Waals surface area contributed by atoms with Crippen LogP contribution in [0.4, 0.5) is 0 Å². The number of amides is 1. The first-order valence-corrected chi connectivity index (χ1v) is 8.44. The molecule has 20 heavy (non-hydrogen) atoms. The van der Waals surface area contributed by atoms with Crippen LogP contribution in [0.15, 0.2) is 6.07 Å².